The first-order chi connectivity index (χ1) is 15.1. The molecule has 1 saturated carbocycles. The highest BCUT2D eigenvalue weighted by Crippen LogP contribution is 2.44. The zero-order valence-corrected chi connectivity index (χ0v) is 17.6. The molecule has 0 N–H and O–H groups in total. The molecule has 6 nitrogen and oxygen atoms in total. The summed E-state index contributed by atoms with van der Waals surface area (Å²) in [6.45, 7) is 0.590. The van der Waals surface area contributed by atoms with E-state index in [0.29, 0.717) is 24.4 Å². The topological polar surface area (TPSA) is 56.7 Å². The minimum absolute atomic E-state index is 0.0236. The third kappa shape index (κ3) is 4.72. The van der Waals surface area contributed by atoms with Gasteiger partial charge in [-0.3, -0.25) is 0 Å². The van der Waals surface area contributed by atoms with Crippen LogP contribution in [0.2, 0.25) is 0 Å². The van der Waals surface area contributed by atoms with Crippen LogP contribution in [0.4, 0.5) is 31.5 Å². The van der Waals surface area contributed by atoms with E-state index >= 15 is 0 Å². The van der Waals surface area contributed by atoms with E-state index in [-0.39, 0.29) is 41.4 Å². The van der Waals surface area contributed by atoms with E-state index in [0.717, 1.165) is 25.0 Å². The fourth-order valence-electron chi connectivity index (χ4n) is 4.14. The monoisotopic (exact) mass is 483 g/mol. The number of piperidine rings is 1. The highest BCUT2D eigenvalue weighted by atomic mass is 32.1. The molecule has 0 spiro atoms. The van der Waals surface area contributed by atoms with Gasteiger partial charge in [0.1, 0.15) is 6.10 Å². The van der Waals surface area contributed by atoms with Crippen LogP contribution in [0.1, 0.15) is 23.4 Å². The Morgan fingerprint density at radius 3 is 2.25 bits per heavy atom. The quantitative estimate of drug-likeness (QED) is 0.433. The number of halogens is 6. The lowest BCUT2D eigenvalue weighted by Crippen LogP contribution is -2.47. The van der Waals surface area contributed by atoms with Gasteiger partial charge in [-0.1, -0.05) is 11.3 Å². The number of hydrogen-bond donors (Lipinski definition) is 0. The molecule has 1 aliphatic carbocycles. The van der Waals surface area contributed by atoms with Gasteiger partial charge in [0, 0.05) is 32.0 Å². The van der Waals surface area contributed by atoms with Gasteiger partial charge in [-0.05, 0) is 31.0 Å². The Hall–Kier alpha value is -2.28. The van der Waals surface area contributed by atoms with E-state index in [1.807, 2.05) is 0 Å². The van der Waals surface area contributed by atoms with Crippen LogP contribution in [0.15, 0.2) is 18.2 Å². The van der Waals surface area contributed by atoms with E-state index in [9.17, 15) is 26.3 Å². The van der Waals surface area contributed by atoms with Crippen molar-refractivity contribution in [3.05, 3.63) is 28.8 Å². The summed E-state index contributed by atoms with van der Waals surface area (Å²) in [5, 5.41) is 6.13. The van der Waals surface area contributed by atoms with Crippen LogP contribution < -0.4 is 14.4 Å². The van der Waals surface area contributed by atoms with Crippen molar-refractivity contribution in [3.63, 3.8) is 0 Å². The molecule has 1 aliphatic heterocycles. The molecule has 176 valence electrons. The summed E-state index contributed by atoms with van der Waals surface area (Å²) in [5.74, 6) is 0.0391. The third-order valence-corrected chi connectivity index (χ3v) is 6.57. The predicted octanol–water partition coefficient (Wildman–Crippen LogP) is 4.85. The van der Waals surface area contributed by atoms with E-state index in [4.69, 9.17) is 14.2 Å². The van der Waals surface area contributed by atoms with Crippen LogP contribution in [0.25, 0.3) is 0 Å². The number of methoxy groups -OCH3 is 1. The summed E-state index contributed by atoms with van der Waals surface area (Å²) >= 11 is 0.496. The van der Waals surface area contributed by atoms with Gasteiger partial charge in [0.15, 0.2) is 18.3 Å². The van der Waals surface area contributed by atoms with Crippen molar-refractivity contribution in [2.45, 2.75) is 31.3 Å². The summed E-state index contributed by atoms with van der Waals surface area (Å²) in [6, 6.07) is 3.01. The van der Waals surface area contributed by atoms with Gasteiger partial charge in [0.2, 0.25) is 10.1 Å². The lowest BCUT2D eigenvalue weighted by atomic mass is 9.95. The maximum Gasteiger partial charge on any atom is 0.445 e. The Kier molecular flexibility index (Phi) is 6.14. The minimum Gasteiger partial charge on any atom is -0.486 e. The molecule has 1 saturated heterocycles. The number of anilines is 1. The molecule has 2 fully saturated rings. The van der Waals surface area contributed by atoms with Crippen LogP contribution in [-0.2, 0) is 17.1 Å². The molecular formula is C19H19F6N3O3S. The number of hydrogen-bond acceptors (Lipinski definition) is 7. The molecule has 1 aromatic heterocycles. The summed E-state index contributed by atoms with van der Waals surface area (Å²) < 4.78 is 94.0. The van der Waals surface area contributed by atoms with E-state index in [1.165, 1.54) is 13.2 Å². The van der Waals surface area contributed by atoms with Crippen LogP contribution >= 0.6 is 11.3 Å². The molecule has 3 atom stereocenters. The lowest BCUT2D eigenvalue weighted by molar-refractivity contribution is -0.138. The third-order valence-electron chi connectivity index (χ3n) is 5.54. The second-order valence-electron chi connectivity index (χ2n) is 7.68. The average Bonchev–Trinajstić information content (AvgIpc) is 3.29. The van der Waals surface area contributed by atoms with Gasteiger partial charge in [-0.25, -0.2) is 0 Å². The highest BCUT2D eigenvalue weighted by Gasteiger charge is 2.45. The van der Waals surface area contributed by atoms with Crippen molar-refractivity contribution in [3.8, 4) is 11.5 Å². The van der Waals surface area contributed by atoms with Crippen molar-refractivity contribution >= 4 is 16.5 Å². The Morgan fingerprint density at radius 1 is 1.00 bits per heavy atom. The van der Waals surface area contributed by atoms with Crippen molar-refractivity contribution in [2.24, 2.45) is 11.8 Å². The second kappa shape index (κ2) is 8.58. The van der Waals surface area contributed by atoms with Crippen LogP contribution in [0.5, 0.6) is 11.5 Å². The summed E-state index contributed by atoms with van der Waals surface area (Å²) in [5.41, 5.74) is -0.870. The Balaban J connectivity index is 1.50. The van der Waals surface area contributed by atoms with Gasteiger partial charge < -0.3 is 19.1 Å². The molecule has 1 unspecified atom stereocenters. The number of aromatic nitrogens is 2. The molecular weight excluding hydrogens is 464 g/mol. The lowest BCUT2D eigenvalue weighted by Gasteiger charge is -2.37. The first-order valence-electron chi connectivity index (χ1n) is 9.71. The number of ether oxygens (including phenoxy) is 3. The van der Waals surface area contributed by atoms with Crippen molar-refractivity contribution in [2.75, 3.05) is 31.9 Å². The Morgan fingerprint density at radius 2 is 1.69 bits per heavy atom. The van der Waals surface area contributed by atoms with Crippen molar-refractivity contribution < 1.29 is 40.6 Å². The first kappa shape index (κ1) is 22.9. The second-order valence-corrected chi connectivity index (χ2v) is 8.64. The zero-order chi connectivity index (χ0) is 23.1. The van der Waals surface area contributed by atoms with Gasteiger partial charge in [-0.15, -0.1) is 10.2 Å². The van der Waals surface area contributed by atoms with E-state index in [1.54, 1.807) is 4.90 Å². The summed E-state index contributed by atoms with van der Waals surface area (Å²) in [6.07, 6.45) is -7.82. The van der Waals surface area contributed by atoms with Gasteiger partial charge in [0.05, 0.1) is 5.56 Å². The normalized spacial score (nSPS) is 23.5. The Bertz CT molecular complexity index is 937. The fourth-order valence-corrected chi connectivity index (χ4v) is 4.87. The van der Waals surface area contributed by atoms with Crippen LogP contribution in [0, 0.1) is 11.8 Å². The SMILES string of the molecule is COCOc1cc(C(F)(F)F)ccc1OC1[C@@H]2CC[C@H]1CN(c1nnc(C(F)(F)F)s1)C2. The maximum atomic E-state index is 13.1. The number of nitrogens with zero attached hydrogens (tertiary/aromatic N) is 3. The predicted molar refractivity (Wildman–Crippen MR) is 102 cm³/mol. The standard InChI is InChI=1S/C19H19F6N3O3S/c1-29-9-30-14-6-12(18(20,21)22)4-5-13(14)31-15-10-2-3-11(15)8-28(7-10)17-27-26-16(32-17)19(23,24)25/h4-6,10-11,15H,2-3,7-9H2,1H3/t10-,11+,15?. The van der Waals surface area contributed by atoms with Crippen LogP contribution in [-0.4, -0.2) is 43.3 Å². The number of rotatable bonds is 6. The smallest absolute Gasteiger partial charge is 0.445 e. The molecule has 32 heavy (non-hydrogen) atoms. The number of benzene rings is 1. The molecule has 13 heteroatoms. The average molecular weight is 483 g/mol. The maximum absolute atomic E-state index is 13.1. The molecule has 2 heterocycles. The molecule has 1 aromatic carbocycles. The van der Waals surface area contributed by atoms with Gasteiger partial charge in [0.25, 0.3) is 0 Å². The fraction of sp³-hybridized carbons (Fsp3) is 0.579. The Labute approximate surface area is 183 Å². The number of alkyl halides is 6. The number of fused-ring (bicyclic) bond motifs is 2. The molecule has 0 amide bonds. The largest absolute Gasteiger partial charge is 0.486 e. The highest BCUT2D eigenvalue weighted by molar-refractivity contribution is 7.15. The van der Waals surface area contributed by atoms with E-state index in [2.05, 4.69) is 10.2 Å². The van der Waals surface area contributed by atoms with Crippen LogP contribution in [0.3, 0.4) is 0 Å². The van der Waals surface area contributed by atoms with Gasteiger partial charge in [-0.2, -0.15) is 26.3 Å². The minimum atomic E-state index is -4.54. The van der Waals surface area contributed by atoms with Crippen molar-refractivity contribution in [1.82, 2.24) is 10.2 Å². The first-order valence-corrected chi connectivity index (χ1v) is 10.5. The molecule has 0 radical (unpaired) electrons. The molecule has 2 aliphatic rings. The molecule has 2 bridgehead atoms. The molecule has 2 aromatic rings. The molecule has 4 rings (SSSR count). The van der Waals surface area contributed by atoms with E-state index < -0.39 is 22.9 Å². The zero-order valence-electron chi connectivity index (χ0n) is 16.7. The van der Waals surface area contributed by atoms with Gasteiger partial charge >= 0.3 is 12.4 Å². The summed E-state index contributed by atoms with van der Waals surface area (Å²) in [4.78, 5) is 1.77. The van der Waals surface area contributed by atoms with Crippen molar-refractivity contribution in [1.29, 1.82) is 0 Å². The summed E-state index contributed by atoms with van der Waals surface area (Å²) in [7, 11) is 1.35.